The fraction of sp³-hybridized carbons (Fsp3) is 0.538. The minimum absolute atomic E-state index is 0.855. The first-order valence-corrected chi connectivity index (χ1v) is 13.7. The number of hydrogen-bond donors (Lipinski definition) is 0. The van der Waals surface area contributed by atoms with Gasteiger partial charge < -0.3 is 0 Å². The van der Waals surface area contributed by atoms with Crippen molar-refractivity contribution in [2.75, 3.05) is 0 Å². The molecule has 0 radical (unpaired) electrons. The molecule has 0 amide bonds. The van der Waals surface area contributed by atoms with Gasteiger partial charge in [-0.1, -0.05) is 25.7 Å². The van der Waals surface area contributed by atoms with Crippen molar-refractivity contribution in [1.82, 2.24) is 0 Å². The Labute approximate surface area is 120 Å². The monoisotopic (exact) mass is 348 g/mol. The molecule has 1 aliphatic rings. The van der Waals surface area contributed by atoms with Crippen LogP contribution in [0.2, 0.25) is 0 Å². The average molecular weight is 351 g/mol. The second kappa shape index (κ2) is 9.68. The maximum atomic E-state index is 3.15. The van der Waals surface area contributed by atoms with E-state index in [4.69, 9.17) is 0 Å². The molecule has 0 unspecified atom stereocenters. The summed E-state index contributed by atoms with van der Waals surface area (Å²) in [5, 5.41) is 0.855. The number of rotatable bonds is 2. The van der Waals surface area contributed by atoms with Gasteiger partial charge in [0.1, 0.15) is 0 Å². The molecule has 0 saturated heterocycles. The smallest absolute Gasteiger partial charge is 0.00262 e. The number of halogens is 1. The molecule has 2 rings (SSSR count). The summed E-state index contributed by atoms with van der Waals surface area (Å²) >= 11 is 6.30. The molecule has 0 aliphatic heterocycles. The minimum atomic E-state index is 0.855. The molecule has 1 aromatic rings. The molecule has 0 aromatic heterocycles. The summed E-state index contributed by atoms with van der Waals surface area (Å²) in [5.74, 6) is 0. The van der Waals surface area contributed by atoms with E-state index in [1.165, 1.54) is 59.8 Å². The van der Waals surface area contributed by atoms with E-state index >= 15 is 0 Å². The van der Waals surface area contributed by atoms with Gasteiger partial charge in [-0.3, -0.25) is 0 Å². The van der Waals surface area contributed by atoms with Gasteiger partial charge in [0.2, 0.25) is 0 Å². The second-order valence-corrected chi connectivity index (χ2v) is 5.34. The van der Waals surface area contributed by atoms with Crippen LogP contribution in [0.4, 0.5) is 0 Å². The predicted octanol–water partition coefficient (Wildman–Crippen LogP) is 5.14. The quantitative estimate of drug-likeness (QED) is 0.404. The fourth-order valence-corrected chi connectivity index (χ4v) is 3.25. The van der Waals surface area contributed by atoms with Crippen LogP contribution in [0.15, 0.2) is 29.2 Å². The summed E-state index contributed by atoms with van der Waals surface area (Å²) in [5.41, 5.74) is 0. The molecule has 0 nitrogen and oxygen atoms in total. The number of thioether (sulfide) groups is 1. The summed E-state index contributed by atoms with van der Waals surface area (Å²) in [6, 6.07) is 11.5. The van der Waals surface area contributed by atoms with E-state index < -0.39 is 0 Å². The first kappa shape index (κ1) is 14.7. The third-order valence-corrected chi connectivity index (χ3v) is 4.11. The molecule has 0 heterocycles. The van der Waals surface area contributed by atoms with Crippen LogP contribution < -0.4 is 0 Å². The molecule has 0 atom stereocenters. The number of hydrogen-bond acceptors (Lipinski definition) is 1. The summed E-state index contributed by atoms with van der Waals surface area (Å²) in [4.78, 5) is 1.39. The molecular formula is C13H17BrSZn. The van der Waals surface area contributed by atoms with Crippen molar-refractivity contribution < 1.29 is 16.3 Å². The largest absolute Gasteiger partial charge is 0.192 e. The Morgan fingerprint density at radius 3 is 2.44 bits per heavy atom. The molecule has 0 spiro atoms. The maximum absolute atomic E-state index is 3.15. The zero-order chi connectivity index (χ0) is 11.6. The van der Waals surface area contributed by atoms with Crippen molar-refractivity contribution in [1.29, 1.82) is 0 Å². The normalized spacial score (nSPS) is 17.2. The first-order chi connectivity index (χ1) is 7.95. The molecule has 16 heavy (non-hydrogen) atoms. The molecule has 1 saturated carbocycles. The van der Waals surface area contributed by atoms with Gasteiger partial charge in [-0.15, -0.1) is 4.90 Å². The zero-order valence-corrected chi connectivity index (χ0v) is 15.0. The zero-order valence-electron chi connectivity index (χ0n) is 9.62. The van der Waals surface area contributed by atoms with Gasteiger partial charge in [0.25, 0.3) is 0 Å². The van der Waals surface area contributed by atoms with Crippen LogP contribution in [0, 0.1) is 6.07 Å². The van der Waals surface area contributed by atoms with Crippen molar-refractivity contribution in [3.8, 4) is 0 Å². The molecule has 1 aromatic carbocycles. The Bertz CT molecular complexity index is 258. The van der Waals surface area contributed by atoms with Crippen LogP contribution in [0.25, 0.3) is 0 Å². The SMILES string of the molecule is [Zn+][Br].[c-]1cccc(SC2CCCCCC2)c1. The first-order valence-electron chi connectivity index (χ1n) is 5.84. The van der Waals surface area contributed by atoms with E-state index in [1.807, 2.05) is 17.8 Å². The molecular weight excluding hydrogens is 334 g/mol. The van der Waals surface area contributed by atoms with Crippen molar-refractivity contribution in [3.63, 3.8) is 0 Å². The van der Waals surface area contributed by atoms with E-state index in [2.05, 4.69) is 37.9 Å². The van der Waals surface area contributed by atoms with Crippen LogP contribution in [-0.2, 0) is 16.3 Å². The summed E-state index contributed by atoms with van der Waals surface area (Å²) in [7, 11) is 0. The van der Waals surface area contributed by atoms with E-state index in [1.54, 1.807) is 0 Å². The van der Waals surface area contributed by atoms with Gasteiger partial charge in [-0.2, -0.15) is 42.1 Å². The second-order valence-electron chi connectivity index (χ2n) is 3.97. The minimum Gasteiger partial charge on any atom is -0.192 e. The van der Waals surface area contributed by atoms with Crippen LogP contribution >= 0.6 is 25.4 Å². The molecule has 84 valence electrons. The topological polar surface area (TPSA) is 0 Å². The summed E-state index contributed by atoms with van der Waals surface area (Å²) < 4.78 is 0. The third-order valence-electron chi connectivity index (χ3n) is 2.78. The molecule has 0 bridgehead atoms. The standard InChI is InChI=1S/C13H17S.BrH.Zn/c1-2-5-9-12(8-4-1)14-13-10-6-3-7-11-13;;/h3,6,10-12H,1-2,4-5,8-9H2;1H;/q-1;;+2/p-1. The molecule has 1 fully saturated rings. The molecule has 1 aliphatic carbocycles. The van der Waals surface area contributed by atoms with Gasteiger partial charge in [-0.05, 0) is 18.1 Å². The van der Waals surface area contributed by atoms with Crippen molar-refractivity contribution in [2.24, 2.45) is 0 Å². The van der Waals surface area contributed by atoms with E-state index in [-0.39, 0.29) is 0 Å². The van der Waals surface area contributed by atoms with E-state index in [9.17, 15) is 0 Å². The molecule has 0 N–H and O–H groups in total. The van der Waals surface area contributed by atoms with Gasteiger partial charge in [0, 0.05) is 0 Å². The predicted molar refractivity (Wildman–Crippen MR) is 71.6 cm³/mol. The number of benzene rings is 1. The maximum Gasteiger partial charge on any atom is -0.00262 e. The third kappa shape index (κ3) is 5.84. The van der Waals surface area contributed by atoms with Crippen LogP contribution in [-0.4, -0.2) is 5.25 Å². The summed E-state index contributed by atoms with van der Waals surface area (Å²) in [6.45, 7) is 0. The van der Waals surface area contributed by atoms with Gasteiger partial charge >= 0.3 is 30.0 Å². The Morgan fingerprint density at radius 2 is 1.88 bits per heavy atom. The fourth-order valence-electron chi connectivity index (χ4n) is 2.00. The van der Waals surface area contributed by atoms with Crippen LogP contribution in [0.5, 0.6) is 0 Å². The summed E-state index contributed by atoms with van der Waals surface area (Å²) in [6.07, 6.45) is 8.54. The Kier molecular flexibility index (Phi) is 8.91. The van der Waals surface area contributed by atoms with Crippen molar-refractivity contribution in [2.45, 2.75) is 48.7 Å². The van der Waals surface area contributed by atoms with Crippen molar-refractivity contribution in [3.05, 3.63) is 30.3 Å². The average Bonchev–Trinajstić information content (AvgIpc) is 2.62. The Balaban J connectivity index is 0.000000606. The van der Waals surface area contributed by atoms with Gasteiger partial charge in [0.15, 0.2) is 0 Å². The van der Waals surface area contributed by atoms with Crippen LogP contribution in [0.1, 0.15) is 38.5 Å². The van der Waals surface area contributed by atoms with Gasteiger partial charge in [-0.25, -0.2) is 0 Å². The van der Waals surface area contributed by atoms with E-state index in [0.717, 1.165) is 5.25 Å². The van der Waals surface area contributed by atoms with E-state index in [0.29, 0.717) is 0 Å². The Hall–Kier alpha value is 0.673. The van der Waals surface area contributed by atoms with Gasteiger partial charge in [0.05, 0.1) is 0 Å². The van der Waals surface area contributed by atoms with Crippen molar-refractivity contribution >= 4 is 25.4 Å². The Morgan fingerprint density at radius 1 is 1.19 bits per heavy atom. The van der Waals surface area contributed by atoms with Crippen LogP contribution in [0.3, 0.4) is 0 Å². The molecule has 3 heteroatoms.